The van der Waals surface area contributed by atoms with Crippen LogP contribution in [-0.4, -0.2) is 28.6 Å². The quantitative estimate of drug-likeness (QED) is 0.644. The van der Waals surface area contributed by atoms with Crippen molar-refractivity contribution in [3.63, 3.8) is 0 Å². The van der Waals surface area contributed by atoms with Gasteiger partial charge in [0.15, 0.2) is 0 Å². The van der Waals surface area contributed by atoms with Gasteiger partial charge in [-0.1, -0.05) is 20.3 Å². The van der Waals surface area contributed by atoms with Gasteiger partial charge in [-0.15, -0.1) is 0 Å². The Balaban J connectivity index is 2.56. The maximum atomic E-state index is 11.9. The summed E-state index contributed by atoms with van der Waals surface area (Å²) in [6.07, 6.45) is 3.26. The molecule has 0 spiro atoms. The molecule has 1 amide bonds. The lowest BCUT2D eigenvalue weighted by molar-refractivity contribution is -0.140. The molecule has 4 N–H and O–H groups in total. The van der Waals surface area contributed by atoms with Gasteiger partial charge in [-0.05, 0) is 25.2 Å². The fourth-order valence-corrected chi connectivity index (χ4v) is 2.10. The van der Waals surface area contributed by atoms with E-state index in [1.165, 1.54) is 0 Å². The van der Waals surface area contributed by atoms with Gasteiger partial charge in [0, 0.05) is 0 Å². The summed E-state index contributed by atoms with van der Waals surface area (Å²) < 4.78 is 0. The number of amides is 1. The van der Waals surface area contributed by atoms with Crippen molar-refractivity contribution in [2.24, 2.45) is 11.7 Å². The molecule has 0 bridgehead atoms. The van der Waals surface area contributed by atoms with E-state index < -0.39 is 17.6 Å². The zero-order valence-corrected chi connectivity index (χ0v) is 10.5. The molecule has 5 nitrogen and oxygen atoms in total. The van der Waals surface area contributed by atoms with Gasteiger partial charge in [-0.25, -0.2) is 0 Å². The summed E-state index contributed by atoms with van der Waals surface area (Å²) in [5.74, 6) is -0.987. The van der Waals surface area contributed by atoms with Crippen molar-refractivity contribution in [2.45, 2.75) is 57.5 Å². The SMILES string of the molecule is CCC(C)[C@H](N)C(=O)NC1(CC(=O)O)CCC1. The molecular formula is C12H22N2O3. The lowest BCUT2D eigenvalue weighted by atomic mass is 9.74. The second-order valence-corrected chi connectivity index (χ2v) is 5.10. The number of hydrogen-bond donors (Lipinski definition) is 3. The highest BCUT2D eigenvalue weighted by Gasteiger charge is 2.41. The van der Waals surface area contributed by atoms with Crippen molar-refractivity contribution in [2.75, 3.05) is 0 Å². The van der Waals surface area contributed by atoms with E-state index in [-0.39, 0.29) is 18.2 Å². The molecule has 98 valence electrons. The minimum absolute atomic E-state index is 0.00797. The van der Waals surface area contributed by atoms with Crippen molar-refractivity contribution in [3.8, 4) is 0 Å². The largest absolute Gasteiger partial charge is 0.481 e. The van der Waals surface area contributed by atoms with Crippen molar-refractivity contribution in [1.82, 2.24) is 5.32 Å². The van der Waals surface area contributed by atoms with Gasteiger partial charge in [0.05, 0.1) is 18.0 Å². The third-order valence-corrected chi connectivity index (χ3v) is 3.75. The van der Waals surface area contributed by atoms with E-state index in [2.05, 4.69) is 5.32 Å². The van der Waals surface area contributed by atoms with Gasteiger partial charge in [-0.3, -0.25) is 9.59 Å². The van der Waals surface area contributed by atoms with Crippen molar-refractivity contribution < 1.29 is 14.7 Å². The van der Waals surface area contributed by atoms with E-state index in [1.54, 1.807) is 0 Å². The van der Waals surface area contributed by atoms with Crippen molar-refractivity contribution in [1.29, 1.82) is 0 Å². The number of carboxylic acid groups (broad SMARTS) is 1. The maximum absolute atomic E-state index is 11.9. The molecule has 1 rings (SSSR count). The van der Waals surface area contributed by atoms with Crippen molar-refractivity contribution in [3.05, 3.63) is 0 Å². The Morgan fingerprint density at radius 3 is 2.41 bits per heavy atom. The number of nitrogens with one attached hydrogen (secondary N) is 1. The zero-order valence-electron chi connectivity index (χ0n) is 10.5. The Labute approximate surface area is 102 Å². The van der Waals surface area contributed by atoms with E-state index in [0.29, 0.717) is 0 Å². The second kappa shape index (κ2) is 5.49. The molecule has 0 heterocycles. The molecule has 1 unspecified atom stereocenters. The van der Waals surface area contributed by atoms with Crippen LogP contribution in [0.25, 0.3) is 0 Å². The molecule has 0 radical (unpaired) electrons. The standard InChI is InChI=1S/C12H22N2O3/c1-3-8(2)10(13)11(17)14-12(5-4-6-12)7-9(15)16/h8,10H,3-7,13H2,1-2H3,(H,14,17)(H,15,16)/t8?,10-/m0/s1. The summed E-state index contributed by atoms with van der Waals surface area (Å²) in [7, 11) is 0. The molecule has 1 saturated carbocycles. The van der Waals surface area contributed by atoms with Crippen LogP contribution in [0.4, 0.5) is 0 Å². The average Bonchev–Trinajstić information content (AvgIpc) is 2.23. The van der Waals surface area contributed by atoms with Crippen molar-refractivity contribution >= 4 is 11.9 Å². The number of nitrogens with two attached hydrogens (primary N) is 1. The van der Waals surface area contributed by atoms with Crippen LogP contribution in [0, 0.1) is 5.92 Å². The van der Waals surface area contributed by atoms with Crippen LogP contribution in [0.5, 0.6) is 0 Å². The monoisotopic (exact) mass is 242 g/mol. The van der Waals surface area contributed by atoms with Gasteiger partial charge in [0.25, 0.3) is 0 Å². The summed E-state index contributed by atoms with van der Waals surface area (Å²) in [6, 6.07) is -0.550. The molecule has 1 fully saturated rings. The molecule has 2 atom stereocenters. The second-order valence-electron chi connectivity index (χ2n) is 5.10. The Morgan fingerprint density at radius 2 is 2.06 bits per heavy atom. The van der Waals surface area contributed by atoms with Gasteiger partial charge < -0.3 is 16.2 Å². The molecule has 1 aliphatic rings. The van der Waals surface area contributed by atoms with Crippen LogP contribution < -0.4 is 11.1 Å². The first kappa shape index (κ1) is 14.0. The number of rotatable bonds is 6. The third kappa shape index (κ3) is 3.43. The molecule has 1 aliphatic carbocycles. The number of carbonyl (C=O) groups excluding carboxylic acids is 1. The van der Waals surface area contributed by atoms with E-state index >= 15 is 0 Å². The van der Waals surface area contributed by atoms with Gasteiger partial charge in [0.1, 0.15) is 0 Å². The Kier molecular flexibility index (Phi) is 4.51. The summed E-state index contributed by atoms with van der Waals surface area (Å²) in [5, 5.41) is 11.7. The first-order valence-corrected chi connectivity index (χ1v) is 6.19. The van der Waals surface area contributed by atoms with Crippen LogP contribution in [0.2, 0.25) is 0 Å². The minimum Gasteiger partial charge on any atom is -0.481 e. The lowest BCUT2D eigenvalue weighted by Crippen LogP contribution is -2.59. The van der Waals surface area contributed by atoms with Gasteiger partial charge >= 0.3 is 5.97 Å². The number of hydrogen-bond acceptors (Lipinski definition) is 3. The predicted octanol–water partition coefficient (Wildman–Crippen LogP) is 0.873. The molecule has 0 aromatic heterocycles. The highest BCUT2D eigenvalue weighted by Crippen LogP contribution is 2.35. The molecule has 0 aliphatic heterocycles. The first-order valence-electron chi connectivity index (χ1n) is 6.19. The van der Waals surface area contributed by atoms with E-state index in [9.17, 15) is 9.59 Å². The molecule has 0 aromatic rings. The number of carbonyl (C=O) groups is 2. The molecule has 5 heteroatoms. The van der Waals surface area contributed by atoms with E-state index in [0.717, 1.165) is 25.7 Å². The smallest absolute Gasteiger partial charge is 0.305 e. The Morgan fingerprint density at radius 1 is 1.47 bits per heavy atom. The molecular weight excluding hydrogens is 220 g/mol. The van der Waals surface area contributed by atoms with Crippen LogP contribution in [-0.2, 0) is 9.59 Å². The van der Waals surface area contributed by atoms with E-state index in [4.69, 9.17) is 10.8 Å². The third-order valence-electron chi connectivity index (χ3n) is 3.75. The first-order chi connectivity index (χ1) is 7.90. The average molecular weight is 242 g/mol. The summed E-state index contributed by atoms with van der Waals surface area (Å²) in [6.45, 7) is 3.91. The minimum atomic E-state index is -0.873. The summed E-state index contributed by atoms with van der Waals surface area (Å²) in [4.78, 5) is 22.7. The normalized spacial score (nSPS) is 21.1. The summed E-state index contributed by atoms with van der Waals surface area (Å²) in [5.41, 5.74) is 5.28. The zero-order chi connectivity index (χ0) is 13.1. The highest BCUT2D eigenvalue weighted by molar-refractivity contribution is 5.83. The van der Waals surface area contributed by atoms with Crippen LogP contribution in [0.15, 0.2) is 0 Å². The molecule has 0 aromatic carbocycles. The van der Waals surface area contributed by atoms with Gasteiger partial charge in [-0.2, -0.15) is 0 Å². The lowest BCUT2D eigenvalue weighted by Gasteiger charge is -2.42. The number of carboxylic acids is 1. The van der Waals surface area contributed by atoms with Gasteiger partial charge in [0.2, 0.25) is 5.91 Å². The maximum Gasteiger partial charge on any atom is 0.305 e. The highest BCUT2D eigenvalue weighted by atomic mass is 16.4. The Bertz CT molecular complexity index is 300. The van der Waals surface area contributed by atoms with E-state index in [1.807, 2.05) is 13.8 Å². The fraction of sp³-hybridized carbons (Fsp3) is 0.833. The Hall–Kier alpha value is -1.10. The van der Waals surface area contributed by atoms with Crippen LogP contribution in [0.1, 0.15) is 46.0 Å². The molecule has 0 saturated heterocycles. The molecule has 17 heavy (non-hydrogen) atoms. The fourth-order valence-electron chi connectivity index (χ4n) is 2.10. The van der Waals surface area contributed by atoms with Crippen LogP contribution >= 0.6 is 0 Å². The summed E-state index contributed by atoms with van der Waals surface area (Å²) >= 11 is 0. The number of aliphatic carboxylic acids is 1. The van der Waals surface area contributed by atoms with Crippen LogP contribution in [0.3, 0.4) is 0 Å². The predicted molar refractivity (Wildman–Crippen MR) is 64.4 cm³/mol. The topological polar surface area (TPSA) is 92.4 Å².